The number of hydrogen-bond acceptors (Lipinski definition) is 6. The van der Waals surface area contributed by atoms with Crippen molar-refractivity contribution in [1.29, 1.82) is 0 Å². The standard InChI is InChI=1S/C19H23N5OS/c1-14-20-17(13-26-14)9-7-5-4-6-8-15-12-16(10-11-18(15)25-3)19-21-23-24(2)22-19/h6,8,10-13H,4-5,7,9H2,1-3H3/b8-6+. The number of aryl methyl sites for hydroxylation is 3. The van der Waals surface area contributed by atoms with Crippen molar-refractivity contribution in [2.24, 2.45) is 7.05 Å². The van der Waals surface area contributed by atoms with Crippen LogP contribution in [0.15, 0.2) is 29.7 Å². The van der Waals surface area contributed by atoms with Crippen molar-refractivity contribution in [3.05, 3.63) is 45.9 Å². The summed E-state index contributed by atoms with van der Waals surface area (Å²) in [4.78, 5) is 5.96. The minimum absolute atomic E-state index is 0.614. The maximum Gasteiger partial charge on any atom is 0.204 e. The van der Waals surface area contributed by atoms with Crippen LogP contribution in [0, 0.1) is 6.92 Å². The number of rotatable bonds is 8. The van der Waals surface area contributed by atoms with Gasteiger partial charge >= 0.3 is 0 Å². The van der Waals surface area contributed by atoms with E-state index in [2.05, 4.69) is 44.9 Å². The van der Waals surface area contributed by atoms with Crippen LogP contribution < -0.4 is 4.74 Å². The monoisotopic (exact) mass is 369 g/mol. The lowest BCUT2D eigenvalue weighted by atomic mass is 10.1. The summed E-state index contributed by atoms with van der Waals surface area (Å²) >= 11 is 1.72. The third kappa shape index (κ3) is 4.76. The third-order valence-corrected chi connectivity index (χ3v) is 4.84. The topological polar surface area (TPSA) is 65.7 Å². The molecule has 0 amide bonds. The van der Waals surface area contributed by atoms with Crippen LogP contribution in [-0.4, -0.2) is 32.3 Å². The van der Waals surface area contributed by atoms with E-state index in [1.165, 1.54) is 10.5 Å². The fraction of sp³-hybridized carbons (Fsp3) is 0.368. The van der Waals surface area contributed by atoms with E-state index < -0.39 is 0 Å². The fourth-order valence-corrected chi connectivity index (χ4v) is 3.35. The number of allylic oxidation sites excluding steroid dienone is 1. The van der Waals surface area contributed by atoms with E-state index in [1.807, 2.05) is 18.2 Å². The van der Waals surface area contributed by atoms with Crippen molar-refractivity contribution >= 4 is 17.4 Å². The Hall–Kier alpha value is -2.54. The summed E-state index contributed by atoms with van der Waals surface area (Å²) in [5, 5.41) is 15.5. The minimum atomic E-state index is 0.614. The van der Waals surface area contributed by atoms with E-state index in [-0.39, 0.29) is 0 Å². The Bertz CT molecular complexity index is 884. The molecule has 2 heterocycles. The third-order valence-electron chi connectivity index (χ3n) is 4.01. The average Bonchev–Trinajstić information content (AvgIpc) is 3.26. The van der Waals surface area contributed by atoms with Gasteiger partial charge < -0.3 is 4.74 Å². The molecule has 1 aromatic carbocycles. The minimum Gasteiger partial charge on any atom is -0.496 e. The van der Waals surface area contributed by atoms with Gasteiger partial charge in [0.1, 0.15) is 5.75 Å². The summed E-state index contributed by atoms with van der Waals surface area (Å²) in [5.74, 6) is 1.45. The van der Waals surface area contributed by atoms with E-state index in [0.717, 1.165) is 47.6 Å². The molecule has 0 aliphatic rings. The molecule has 26 heavy (non-hydrogen) atoms. The molecule has 0 atom stereocenters. The molecular weight excluding hydrogens is 346 g/mol. The van der Waals surface area contributed by atoms with Gasteiger partial charge in [0.2, 0.25) is 5.82 Å². The second kappa shape index (κ2) is 8.71. The van der Waals surface area contributed by atoms with Gasteiger partial charge in [-0.05, 0) is 56.0 Å². The number of methoxy groups -OCH3 is 1. The SMILES string of the molecule is COc1ccc(-c2nnn(C)n2)cc1/C=C/CCCCc1csc(C)n1. The van der Waals surface area contributed by atoms with Crippen molar-refractivity contribution in [2.45, 2.75) is 32.6 Å². The fourth-order valence-electron chi connectivity index (χ4n) is 2.70. The lowest BCUT2D eigenvalue weighted by Crippen LogP contribution is -1.92. The number of thiazole rings is 1. The first kappa shape index (κ1) is 18.3. The van der Waals surface area contributed by atoms with Gasteiger partial charge in [-0.3, -0.25) is 0 Å². The first-order chi connectivity index (χ1) is 12.7. The van der Waals surface area contributed by atoms with Gasteiger partial charge in [-0.1, -0.05) is 12.2 Å². The van der Waals surface area contributed by atoms with Crippen LogP contribution in [0.5, 0.6) is 5.75 Å². The Labute approximate surface area is 157 Å². The molecule has 0 aliphatic heterocycles. The number of benzene rings is 1. The normalized spacial score (nSPS) is 11.3. The zero-order chi connectivity index (χ0) is 18.4. The molecule has 0 bridgehead atoms. The lowest BCUT2D eigenvalue weighted by molar-refractivity contribution is 0.414. The Morgan fingerprint density at radius 2 is 2.15 bits per heavy atom. The molecular formula is C19H23N5OS. The van der Waals surface area contributed by atoms with Gasteiger partial charge in [-0.2, -0.15) is 4.80 Å². The number of ether oxygens (including phenoxy) is 1. The molecule has 3 aromatic rings. The van der Waals surface area contributed by atoms with Crippen LogP contribution >= 0.6 is 11.3 Å². The second-order valence-electron chi connectivity index (χ2n) is 6.07. The van der Waals surface area contributed by atoms with Crippen molar-refractivity contribution in [3.8, 4) is 17.1 Å². The predicted octanol–water partition coefficient (Wildman–Crippen LogP) is 4.08. The van der Waals surface area contributed by atoms with E-state index in [1.54, 1.807) is 25.5 Å². The molecule has 0 fully saturated rings. The van der Waals surface area contributed by atoms with Crippen LogP contribution in [-0.2, 0) is 13.5 Å². The van der Waals surface area contributed by atoms with Crippen molar-refractivity contribution in [3.63, 3.8) is 0 Å². The van der Waals surface area contributed by atoms with Gasteiger partial charge in [0, 0.05) is 16.5 Å². The molecule has 136 valence electrons. The molecule has 0 saturated carbocycles. The highest BCUT2D eigenvalue weighted by Gasteiger charge is 2.08. The van der Waals surface area contributed by atoms with Crippen LogP contribution in [0.3, 0.4) is 0 Å². The number of tetrazole rings is 1. The summed E-state index contributed by atoms with van der Waals surface area (Å²) in [6.07, 6.45) is 8.66. The van der Waals surface area contributed by atoms with Crippen LogP contribution in [0.2, 0.25) is 0 Å². The van der Waals surface area contributed by atoms with Gasteiger partial charge in [0.15, 0.2) is 0 Å². The summed E-state index contributed by atoms with van der Waals surface area (Å²) in [6.45, 7) is 2.05. The zero-order valence-corrected chi connectivity index (χ0v) is 16.2. The Morgan fingerprint density at radius 3 is 2.85 bits per heavy atom. The molecule has 0 aliphatic carbocycles. The quantitative estimate of drug-likeness (QED) is 0.560. The second-order valence-corrected chi connectivity index (χ2v) is 7.13. The van der Waals surface area contributed by atoms with Crippen LogP contribution in [0.1, 0.15) is 35.5 Å². The highest BCUT2D eigenvalue weighted by Crippen LogP contribution is 2.26. The van der Waals surface area contributed by atoms with Crippen molar-refractivity contribution in [1.82, 2.24) is 25.2 Å². The number of aromatic nitrogens is 5. The highest BCUT2D eigenvalue weighted by molar-refractivity contribution is 7.09. The van der Waals surface area contributed by atoms with E-state index in [4.69, 9.17) is 4.74 Å². The molecule has 2 aromatic heterocycles. The summed E-state index contributed by atoms with van der Waals surface area (Å²) in [6, 6.07) is 5.92. The first-order valence-electron chi connectivity index (χ1n) is 8.65. The zero-order valence-electron chi connectivity index (χ0n) is 15.3. The largest absolute Gasteiger partial charge is 0.496 e. The van der Waals surface area contributed by atoms with Gasteiger partial charge in [0.25, 0.3) is 0 Å². The molecule has 7 heteroatoms. The molecule has 0 saturated heterocycles. The molecule has 0 spiro atoms. The van der Waals surface area contributed by atoms with E-state index in [0.29, 0.717) is 5.82 Å². The molecule has 6 nitrogen and oxygen atoms in total. The van der Waals surface area contributed by atoms with E-state index >= 15 is 0 Å². The summed E-state index contributed by atoms with van der Waals surface area (Å²) in [7, 11) is 3.44. The van der Waals surface area contributed by atoms with Crippen LogP contribution in [0.4, 0.5) is 0 Å². The van der Waals surface area contributed by atoms with Crippen molar-refractivity contribution in [2.75, 3.05) is 7.11 Å². The van der Waals surface area contributed by atoms with Crippen molar-refractivity contribution < 1.29 is 4.74 Å². The van der Waals surface area contributed by atoms with Gasteiger partial charge in [-0.25, -0.2) is 4.98 Å². The maximum absolute atomic E-state index is 5.46. The number of hydrogen-bond donors (Lipinski definition) is 0. The van der Waals surface area contributed by atoms with Gasteiger partial charge in [0.05, 0.1) is 24.9 Å². The molecule has 0 radical (unpaired) electrons. The summed E-state index contributed by atoms with van der Waals surface area (Å²) in [5.41, 5.74) is 3.16. The lowest BCUT2D eigenvalue weighted by Gasteiger charge is -2.06. The maximum atomic E-state index is 5.46. The smallest absolute Gasteiger partial charge is 0.204 e. The average molecular weight is 369 g/mol. The predicted molar refractivity (Wildman–Crippen MR) is 104 cm³/mol. The Morgan fingerprint density at radius 1 is 1.27 bits per heavy atom. The Balaban J connectivity index is 1.57. The number of unbranched alkanes of at least 4 members (excludes halogenated alkanes) is 2. The first-order valence-corrected chi connectivity index (χ1v) is 9.53. The Kier molecular flexibility index (Phi) is 6.12. The summed E-state index contributed by atoms with van der Waals surface area (Å²) < 4.78 is 5.46. The number of nitrogens with zero attached hydrogens (tertiary/aromatic N) is 5. The van der Waals surface area contributed by atoms with Crippen LogP contribution in [0.25, 0.3) is 17.5 Å². The molecule has 0 unspecified atom stereocenters. The van der Waals surface area contributed by atoms with Gasteiger partial charge in [-0.15, -0.1) is 21.5 Å². The highest BCUT2D eigenvalue weighted by atomic mass is 32.1. The molecule has 3 rings (SSSR count). The van der Waals surface area contributed by atoms with E-state index in [9.17, 15) is 0 Å². The molecule has 0 N–H and O–H groups in total.